The first kappa shape index (κ1) is 10.3. The van der Waals surface area contributed by atoms with Crippen molar-refractivity contribution in [2.75, 3.05) is 34.2 Å². The Kier molecular flexibility index (Phi) is 2.79. The summed E-state index contributed by atoms with van der Waals surface area (Å²) in [7, 11) is 6.07. The van der Waals surface area contributed by atoms with Gasteiger partial charge in [-0.05, 0) is 34.5 Å². The molecule has 1 aliphatic heterocycles. The van der Waals surface area contributed by atoms with Crippen LogP contribution in [0, 0.1) is 11.5 Å². The second-order valence-corrected chi connectivity index (χ2v) is 3.89. The molecule has 0 aromatic carbocycles. The van der Waals surface area contributed by atoms with Crippen molar-refractivity contribution in [1.29, 1.82) is 5.26 Å². The highest BCUT2D eigenvalue weighted by Crippen LogP contribution is 2.24. The van der Waals surface area contributed by atoms with E-state index in [1.54, 1.807) is 0 Å². The summed E-state index contributed by atoms with van der Waals surface area (Å²) in [6.07, 6.45) is 3.32. The van der Waals surface area contributed by atoms with Gasteiger partial charge in [-0.2, -0.15) is 5.26 Å². The Morgan fingerprint density at radius 3 is 2.38 bits per heavy atom. The molecule has 0 aromatic heterocycles. The quantitative estimate of drug-likeness (QED) is 0.548. The lowest BCUT2D eigenvalue weighted by molar-refractivity contribution is -0.123. The average molecular weight is 182 g/mol. The molecule has 1 saturated heterocycles. The van der Waals surface area contributed by atoms with Gasteiger partial charge in [-0.1, -0.05) is 0 Å². The summed E-state index contributed by atoms with van der Waals surface area (Å²) in [5, 5.41) is 9.02. The number of nitrogens with zero attached hydrogens (tertiary/aromatic N) is 4. The van der Waals surface area contributed by atoms with E-state index in [1.807, 2.05) is 19.0 Å². The maximum absolute atomic E-state index is 9.02. The van der Waals surface area contributed by atoms with Crippen molar-refractivity contribution in [2.24, 2.45) is 0 Å². The Labute approximate surface area is 80.3 Å². The molecular weight excluding hydrogens is 164 g/mol. The van der Waals surface area contributed by atoms with Crippen molar-refractivity contribution < 1.29 is 0 Å². The molecule has 0 N–H and O–H groups in total. The van der Waals surface area contributed by atoms with Gasteiger partial charge >= 0.3 is 0 Å². The highest BCUT2D eigenvalue weighted by Gasteiger charge is 2.40. The van der Waals surface area contributed by atoms with Crippen LogP contribution in [0.5, 0.6) is 0 Å². The van der Waals surface area contributed by atoms with E-state index in [1.165, 1.54) is 0 Å². The van der Waals surface area contributed by atoms with Gasteiger partial charge in [0.25, 0.3) is 0 Å². The van der Waals surface area contributed by atoms with Gasteiger partial charge in [0.1, 0.15) is 0 Å². The zero-order valence-electron chi connectivity index (χ0n) is 8.91. The van der Waals surface area contributed by atoms with Crippen molar-refractivity contribution in [3.05, 3.63) is 0 Å². The minimum atomic E-state index is -0.257. The molecule has 0 aliphatic carbocycles. The second-order valence-electron chi connectivity index (χ2n) is 3.89. The summed E-state index contributed by atoms with van der Waals surface area (Å²) in [5.74, 6) is -0.257. The molecule has 1 fully saturated rings. The van der Waals surface area contributed by atoms with E-state index in [4.69, 9.17) is 5.26 Å². The van der Waals surface area contributed by atoms with Gasteiger partial charge in [0.2, 0.25) is 0 Å². The molecule has 1 atom stereocenters. The normalized spacial score (nSPS) is 30.6. The molecular formula is C9H18N4. The summed E-state index contributed by atoms with van der Waals surface area (Å²) >= 11 is 0. The van der Waals surface area contributed by atoms with E-state index in [0.717, 1.165) is 19.5 Å². The van der Waals surface area contributed by atoms with E-state index in [2.05, 4.69) is 30.0 Å². The lowest BCUT2D eigenvalue weighted by atomic mass is 10.1. The monoisotopic (exact) mass is 182 g/mol. The standard InChI is InChI=1S/C9H18N4/c1-9(11(2)3)12(4)6-5-7-13(9)8-10/h5-7H2,1-4H3. The molecule has 4 nitrogen and oxygen atoms in total. The Morgan fingerprint density at radius 2 is 2.00 bits per heavy atom. The predicted molar refractivity (Wildman–Crippen MR) is 51.7 cm³/mol. The van der Waals surface area contributed by atoms with Crippen LogP contribution in [0.2, 0.25) is 0 Å². The van der Waals surface area contributed by atoms with Gasteiger partial charge in [0, 0.05) is 13.1 Å². The van der Waals surface area contributed by atoms with Crippen molar-refractivity contribution in [2.45, 2.75) is 19.1 Å². The summed E-state index contributed by atoms with van der Waals surface area (Å²) < 4.78 is 0. The molecule has 1 unspecified atom stereocenters. The third kappa shape index (κ3) is 1.50. The smallest absolute Gasteiger partial charge is 0.182 e. The molecule has 1 rings (SSSR count). The maximum Gasteiger partial charge on any atom is 0.182 e. The van der Waals surface area contributed by atoms with Crippen LogP contribution in [-0.2, 0) is 0 Å². The lowest BCUT2D eigenvalue weighted by Gasteiger charge is -2.51. The fraction of sp³-hybridized carbons (Fsp3) is 0.889. The maximum atomic E-state index is 9.02. The van der Waals surface area contributed by atoms with Gasteiger partial charge in [-0.3, -0.25) is 14.7 Å². The minimum absolute atomic E-state index is 0.257. The van der Waals surface area contributed by atoms with Crippen LogP contribution in [0.1, 0.15) is 13.3 Å². The van der Waals surface area contributed by atoms with Crippen molar-refractivity contribution in [3.63, 3.8) is 0 Å². The van der Waals surface area contributed by atoms with Gasteiger partial charge < -0.3 is 0 Å². The molecule has 0 saturated carbocycles. The fourth-order valence-corrected chi connectivity index (χ4v) is 1.82. The molecule has 0 aromatic rings. The zero-order chi connectivity index (χ0) is 10.1. The van der Waals surface area contributed by atoms with Crippen LogP contribution in [0.4, 0.5) is 0 Å². The van der Waals surface area contributed by atoms with E-state index < -0.39 is 0 Å². The molecule has 1 heterocycles. The van der Waals surface area contributed by atoms with Crippen LogP contribution in [0.3, 0.4) is 0 Å². The van der Waals surface area contributed by atoms with E-state index in [0.29, 0.717) is 0 Å². The van der Waals surface area contributed by atoms with Crippen LogP contribution < -0.4 is 0 Å². The lowest BCUT2D eigenvalue weighted by Crippen LogP contribution is -2.66. The Balaban J connectivity index is 2.92. The molecule has 0 amide bonds. The first-order chi connectivity index (χ1) is 6.03. The molecule has 13 heavy (non-hydrogen) atoms. The first-order valence-corrected chi connectivity index (χ1v) is 4.59. The third-order valence-electron chi connectivity index (χ3n) is 3.08. The first-order valence-electron chi connectivity index (χ1n) is 4.59. The van der Waals surface area contributed by atoms with Crippen molar-refractivity contribution >= 4 is 0 Å². The summed E-state index contributed by atoms with van der Waals surface area (Å²) in [6, 6.07) is 0. The molecule has 74 valence electrons. The van der Waals surface area contributed by atoms with Crippen LogP contribution in [-0.4, -0.2) is 54.7 Å². The predicted octanol–water partition coefficient (Wildman–Crippen LogP) is 0.340. The van der Waals surface area contributed by atoms with Crippen LogP contribution in [0.15, 0.2) is 0 Å². The Bertz CT molecular complexity index is 220. The Morgan fingerprint density at radius 1 is 1.38 bits per heavy atom. The van der Waals surface area contributed by atoms with Gasteiger partial charge in [-0.15, -0.1) is 0 Å². The highest BCUT2D eigenvalue weighted by molar-refractivity contribution is 4.93. The SMILES string of the molecule is CN(C)C1(C)N(C)CCCN1C#N. The second kappa shape index (κ2) is 3.52. The van der Waals surface area contributed by atoms with Gasteiger partial charge in [0.15, 0.2) is 12.0 Å². The van der Waals surface area contributed by atoms with Crippen LogP contribution >= 0.6 is 0 Å². The number of hydrogen-bond donors (Lipinski definition) is 0. The molecule has 4 heteroatoms. The molecule has 0 radical (unpaired) electrons. The average Bonchev–Trinajstić information content (AvgIpc) is 2.09. The van der Waals surface area contributed by atoms with E-state index >= 15 is 0 Å². The van der Waals surface area contributed by atoms with Gasteiger partial charge in [-0.25, -0.2) is 0 Å². The summed E-state index contributed by atoms with van der Waals surface area (Å²) in [5.41, 5.74) is 0. The largest absolute Gasteiger partial charge is 0.278 e. The van der Waals surface area contributed by atoms with E-state index in [9.17, 15) is 0 Å². The number of rotatable bonds is 1. The van der Waals surface area contributed by atoms with Gasteiger partial charge in [0.05, 0.1) is 0 Å². The van der Waals surface area contributed by atoms with Crippen molar-refractivity contribution in [3.8, 4) is 6.19 Å². The minimum Gasteiger partial charge on any atom is -0.278 e. The number of hydrogen-bond acceptors (Lipinski definition) is 4. The fourth-order valence-electron chi connectivity index (χ4n) is 1.82. The summed E-state index contributed by atoms with van der Waals surface area (Å²) in [4.78, 5) is 6.12. The molecule has 1 aliphatic rings. The Hall–Kier alpha value is -0.790. The summed E-state index contributed by atoms with van der Waals surface area (Å²) in [6.45, 7) is 3.98. The van der Waals surface area contributed by atoms with E-state index in [-0.39, 0.29) is 5.79 Å². The van der Waals surface area contributed by atoms with Crippen molar-refractivity contribution in [1.82, 2.24) is 14.7 Å². The van der Waals surface area contributed by atoms with Crippen LogP contribution in [0.25, 0.3) is 0 Å². The highest BCUT2D eigenvalue weighted by atomic mass is 15.5. The number of nitriles is 1. The molecule has 0 spiro atoms. The zero-order valence-corrected chi connectivity index (χ0v) is 8.91. The third-order valence-corrected chi connectivity index (χ3v) is 3.08. The topological polar surface area (TPSA) is 33.5 Å². The molecule has 0 bridgehead atoms.